The minimum Gasteiger partial charge on any atom is -0.339 e. The van der Waals surface area contributed by atoms with Crippen LogP contribution in [-0.4, -0.2) is 25.8 Å². The van der Waals surface area contributed by atoms with Crippen molar-refractivity contribution < 1.29 is 9.32 Å². The number of anilines is 1. The van der Waals surface area contributed by atoms with Gasteiger partial charge in [0, 0.05) is 31.5 Å². The Hall–Kier alpha value is -2.96. The Labute approximate surface area is 152 Å². The first-order valence-corrected chi connectivity index (χ1v) is 8.66. The van der Waals surface area contributed by atoms with Gasteiger partial charge >= 0.3 is 0 Å². The third-order valence-electron chi connectivity index (χ3n) is 4.14. The molecule has 136 valence electrons. The molecule has 2 heterocycles. The molecule has 0 saturated carbocycles. The van der Waals surface area contributed by atoms with Crippen molar-refractivity contribution in [2.45, 2.75) is 39.5 Å². The maximum Gasteiger partial charge on any atom is 0.227 e. The van der Waals surface area contributed by atoms with Gasteiger partial charge in [0.1, 0.15) is 5.82 Å². The van der Waals surface area contributed by atoms with Crippen molar-refractivity contribution in [3.63, 3.8) is 0 Å². The molecular weight excluding hydrogens is 330 g/mol. The molecule has 0 aliphatic carbocycles. The van der Waals surface area contributed by atoms with E-state index in [4.69, 9.17) is 4.52 Å². The second kappa shape index (κ2) is 7.51. The molecule has 0 fully saturated rings. The van der Waals surface area contributed by atoms with Crippen LogP contribution in [0.2, 0.25) is 0 Å². The Balaban J connectivity index is 1.58. The van der Waals surface area contributed by atoms with E-state index >= 15 is 0 Å². The highest BCUT2D eigenvalue weighted by Gasteiger charge is 2.12. The number of aryl methyl sites for hydroxylation is 3. The second-order valence-electron chi connectivity index (χ2n) is 6.63. The zero-order valence-corrected chi connectivity index (χ0v) is 15.5. The van der Waals surface area contributed by atoms with Crippen LogP contribution in [0.4, 0.5) is 5.82 Å². The lowest BCUT2D eigenvalue weighted by atomic mass is 10.0. The fourth-order valence-corrected chi connectivity index (χ4v) is 2.64. The van der Waals surface area contributed by atoms with Gasteiger partial charge in [-0.3, -0.25) is 9.48 Å². The number of aromatic nitrogens is 4. The summed E-state index contributed by atoms with van der Waals surface area (Å²) in [6, 6.07) is 9.94. The quantitative estimate of drug-likeness (QED) is 0.733. The van der Waals surface area contributed by atoms with Crippen LogP contribution in [0.3, 0.4) is 0 Å². The van der Waals surface area contributed by atoms with E-state index in [0.29, 0.717) is 29.9 Å². The number of rotatable bonds is 6. The number of nitrogens with one attached hydrogen (secondary N) is 1. The summed E-state index contributed by atoms with van der Waals surface area (Å²) >= 11 is 0. The number of hydrogen-bond acceptors (Lipinski definition) is 5. The van der Waals surface area contributed by atoms with E-state index in [1.54, 1.807) is 11.7 Å². The molecular formula is C19H23N5O2. The van der Waals surface area contributed by atoms with Gasteiger partial charge in [0.25, 0.3) is 0 Å². The van der Waals surface area contributed by atoms with E-state index in [1.807, 2.05) is 25.1 Å². The molecule has 0 radical (unpaired) electrons. The number of amides is 1. The van der Waals surface area contributed by atoms with Crippen molar-refractivity contribution in [1.29, 1.82) is 0 Å². The molecule has 1 N–H and O–H groups in total. The van der Waals surface area contributed by atoms with E-state index < -0.39 is 0 Å². The van der Waals surface area contributed by atoms with Crippen LogP contribution >= 0.6 is 0 Å². The van der Waals surface area contributed by atoms with Crippen molar-refractivity contribution in [3.8, 4) is 11.4 Å². The lowest BCUT2D eigenvalue weighted by molar-refractivity contribution is -0.116. The molecule has 0 unspecified atom stereocenters. The highest BCUT2D eigenvalue weighted by atomic mass is 16.5. The second-order valence-corrected chi connectivity index (χ2v) is 6.63. The Morgan fingerprint density at radius 1 is 1.27 bits per heavy atom. The van der Waals surface area contributed by atoms with Crippen LogP contribution in [0.5, 0.6) is 0 Å². The minimum atomic E-state index is -0.117. The Morgan fingerprint density at radius 3 is 2.62 bits per heavy atom. The molecule has 1 aromatic carbocycles. The normalized spacial score (nSPS) is 11.1. The predicted octanol–water partition coefficient (Wildman–Crippen LogP) is 3.47. The van der Waals surface area contributed by atoms with Crippen molar-refractivity contribution in [1.82, 2.24) is 19.9 Å². The van der Waals surface area contributed by atoms with Crippen LogP contribution in [0.15, 0.2) is 34.9 Å². The molecule has 7 heteroatoms. The smallest absolute Gasteiger partial charge is 0.227 e. The Morgan fingerprint density at radius 2 is 2.00 bits per heavy atom. The monoisotopic (exact) mass is 353 g/mol. The van der Waals surface area contributed by atoms with Gasteiger partial charge in [-0.15, -0.1) is 0 Å². The molecule has 2 aromatic heterocycles. The molecule has 0 spiro atoms. The summed E-state index contributed by atoms with van der Waals surface area (Å²) in [4.78, 5) is 16.5. The van der Waals surface area contributed by atoms with Gasteiger partial charge in [0.05, 0.1) is 5.69 Å². The van der Waals surface area contributed by atoms with Crippen molar-refractivity contribution in [2.75, 3.05) is 5.32 Å². The van der Waals surface area contributed by atoms with Gasteiger partial charge in [0.15, 0.2) is 0 Å². The summed E-state index contributed by atoms with van der Waals surface area (Å²) in [5, 5.41) is 11.0. The van der Waals surface area contributed by atoms with Crippen LogP contribution in [0.1, 0.15) is 43.3 Å². The highest BCUT2D eigenvalue weighted by Crippen LogP contribution is 2.20. The van der Waals surface area contributed by atoms with Gasteiger partial charge in [-0.1, -0.05) is 43.3 Å². The van der Waals surface area contributed by atoms with Crippen LogP contribution in [0.25, 0.3) is 11.4 Å². The van der Waals surface area contributed by atoms with Gasteiger partial charge in [-0.2, -0.15) is 10.1 Å². The zero-order chi connectivity index (χ0) is 18.7. The van der Waals surface area contributed by atoms with Crippen molar-refractivity contribution in [2.24, 2.45) is 7.05 Å². The molecule has 7 nitrogen and oxygen atoms in total. The summed E-state index contributed by atoms with van der Waals surface area (Å²) in [5.74, 6) is 2.02. The Bertz CT molecular complexity index is 893. The zero-order valence-electron chi connectivity index (χ0n) is 15.5. The van der Waals surface area contributed by atoms with E-state index in [9.17, 15) is 4.79 Å². The van der Waals surface area contributed by atoms with Gasteiger partial charge < -0.3 is 9.84 Å². The number of benzene rings is 1. The summed E-state index contributed by atoms with van der Waals surface area (Å²) in [6.07, 6.45) is 0.651. The van der Waals surface area contributed by atoms with E-state index in [0.717, 1.165) is 11.3 Å². The summed E-state index contributed by atoms with van der Waals surface area (Å²) in [6.45, 7) is 6.18. The van der Waals surface area contributed by atoms with E-state index in [1.165, 1.54) is 5.56 Å². The third kappa shape index (κ3) is 4.17. The topological polar surface area (TPSA) is 85.8 Å². The molecule has 0 bridgehead atoms. The average Bonchev–Trinajstić information content (AvgIpc) is 3.20. The first-order valence-electron chi connectivity index (χ1n) is 8.66. The standard InChI is InChI=1S/C19H23N5O2/c1-12(2)14-5-7-15(8-6-14)19-21-18(26-23-19)10-9-17(25)20-16-11-13(3)22-24(16)4/h5-8,11-12H,9-10H2,1-4H3,(H,20,25). The van der Waals surface area contributed by atoms with Crippen LogP contribution in [0, 0.1) is 6.92 Å². The molecule has 3 rings (SSSR count). The summed E-state index contributed by atoms with van der Waals surface area (Å²) < 4.78 is 6.90. The van der Waals surface area contributed by atoms with Gasteiger partial charge in [0.2, 0.25) is 17.6 Å². The first kappa shape index (κ1) is 17.8. The van der Waals surface area contributed by atoms with Crippen molar-refractivity contribution in [3.05, 3.63) is 47.5 Å². The van der Waals surface area contributed by atoms with Gasteiger partial charge in [-0.05, 0) is 18.4 Å². The number of nitrogens with zero attached hydrogens (tertiary/aromatic N) is 4. The van der Waals surface area contributed by atoms with Crippen molar-refractivity contribution >= 4 is 11.7 Å². The number of carbonyl (C=O) groups excluding carboxylic acids is 1. The molecule has 3 aromatic rings. The maximum atomic E-state index is 12.1. The highest BCUT2D eigenvalue weighted by molar-refractivity contribution is 5.89. The number of carbonyl (C=O) groups is 1. The van der Waals surface area contributed by atoms with Crippen LogP contribution < -0.4 is 5.32 Å². The van der Waals surface area contributed by atoms with E-state index in [2.05, 4.69) is 46.5 Å². The molecule has 26 heavy (non-hydrogen) atoms. The fraction of sp³-hybridized carbons (Fsp3) is 0.368. The molecule has 0 saturated heterocycles. The minimum absolute atomic E-state index is 0.117. The Kier molecular flexibility index (Phi) is 5.16. The average molecular weight is 353 g/mol. The summed E-state index contributed by atoms with van der Waals surface area (Å²) in [5.41, 5.74) is 3.02. The molecule has 1 amide bonds. The third-order valence-corrected chi connectivity index (χ3v) is 4.14. The predicted molar refractivity (Wildman–Crippen MR) is 98.7 cm³/mol. The maximum absolute atomic E-state index is 12.1. The molecule has 0 atom stereocenters. The van der Waals surface area contributed by atoms with Gasteiger partial charge in [-0.25, -0.2) is 0 Å². The lowest BCUT2D eigenvalue weighted by Crippen LogP contribution is -2.14. The first-order chi connectivity index (χ1) is 12.4. The SMILES string of the molecule is Cc1cc(NC(=O)CCc2nc(-c3ccc(C(C)C)cc3)no2)n(C)n1. The molecule has 0 aliphatic rings. The molecule has 0 aliphatic heterocycles. The van der Waals surface area contributed by atoms with E-state index in [-0.39, 0.29) is 12.3 Å². The fourth-order valence-electron chi connectivity index (χ4n) is 2.64. The van der Waals surface area contributed by atoms with Crippen LogP contribution in [-0.2, 0) is 18.3 Å². The number of hydrogen-bond donors (Lipinski definition) is 1. The summed E-state index contributed by atoms with van der Waals surface area (Å²) in [7, 11) is 1.79. The largest absolute Gasteiger partial charge is 0.339 e. The lowest BCUT2D eigenvalue weighted by Gasteiger charge is -2.04.